The normalized spacial score (nSPS) is 22.3. The van der Waals surface area contributed by atoms with E-state index < -0.39 is 22.8 Å². The Bertz CT molecular complexity index is 1010. The molecular weight excluding hydrogens is 432 g/mol. The van der Waals surface area contributed by atoms with Gasteiger partial charge in [0.15, 0.2) is 11.6 Å². The molecule has 34 heavy (non-hydrogen) atoms. The number of epoxide rings is 2. The van der Waals surface area contributed by atoms with Gasteiger partial charge < -0.3 is 19.7 Å². The largest absolute Gasteiger partial charge is 0.382 e. The Hall–Kier alpha value is -2.38. The van der Waals surface area contributed by atoms with Crippen molar-refractivity contribution in [3.05, 3.63) is 70.8 Å². The smallest absolute Gasteiger partial charge is 0.193 e. The van der Waals surface area contributed by atoms with Crippen LogP contribution in [0.3, 0.4) is 0 Å². The van der Waals surface area contributed by atoms with E-state index in [9.17, 15) is 19.8 Å². The molecule has 0 bridgehead atoms. The highest BCUT2D eigenvalue weighted by atomic mass is 16.6. The molecule has 0 amide bonds. The Morgan fingerprint density at radius 1 is 0.706 bits per heavy atom. The Kier molecular flexibility index (Phi) is 6.70. The number of hydrogen-bond donors (Lipinski definition) is 2. The van der Waals surface area contributed by atoms with Gasteiger partial charge in [0.25, 0.3) is 0 Å². The zero-order chi connectivity index (χ0) is 25.7. The average Bonchev–Trinajstić information content (AvgIpc) is 3.59. The van der Waals surface area contributed by atoms with E-state index in [2.05, 4.69) is 52.0 Å². The van der Waals surface area contributed by atoms with Crippen molar-refractivity contribution in [2.24, 2.45) is 0 Å². The highest BCUT2D eigenvalue weighted by Gasteiger charge is 2.51. The van der Waals surface area contributed by atoms with Crippen molar-refractivity contribution in [3.63, 3.8) is 0 Å². The molecule has 2 aromatic carbocycles. The van der Waals surface area contributed by atoms with Crippen LogP contribution in [0.15, 0.2) is 48.5 Å². The van der Waals surface area contributed by atoms with E-state index in [1.54, 1.807) is 6.07 Å². The summed E-state index contributed by atoms with van der Waals surface area (Å²) in [6.45, 7) is 14.1. The summed E-state index contributed by atoms with van der Waals surface area (Å²) in [7, 11) is 0. The van der Waals surface area contributed by atoms with Gasteiger partial charge in [0.1, 0.15) is 23.4 Å². The second-order valence-electron chi connectivity index (χ2n) is 11.2. The highest BCUT2D eigenvalue weighted by Crippen LogP contribution is 2.52. The van der Waals surface area contributed by atoms with Gasteiger partial charge in [0, 0.05) is 11.1 Å². The van der Waals surface area contributed by atoms with Crippen LogP contribution in [-0.2, 0) is 9.47 Å². The number of carbonyl (C=O) groups excluding carboxylic acids is 2. The zero-order valence-corrected chi connectivity index (χ0v) is 21.3. The molecule has 2 atom stereocenters. The number of Topliss-reactive ketones (excluding diaryl/α,β-unsaturated/α-hetero) is 2. The standard InChI is InChI=1S/C14H18O4.C14H18O2/c1-13(2,17)11(15)9-6-5-7-10(8-9)12(16)14(3,4)18;1-13(2)11(15-13)9-6-5-7-10(8-9)12-14(3,4)16-12/h5-8,17-18H,1-4H3;5-8,11-12H,1-4H3. The third-order valence-electron chi connectivity index (χ3n) is 6.01. The van der Waals surface area contributed by atoms with Gasteiger partial charge in [-0.15, -0.1) is 0 Å². The Labute approximate surface area is 201 Å². The fraction of sp³-hybridized carbons (Fsp3) is 0.500. The summed E-state index contributed by atoms with van der Waals surface area (Å²) in [6, 6.07) is 14.6. The molecule has 0 spiro atoms. The summed E-state index contributed by atoms with van der Waals surface area (Å²) in [6.07, 6.45) is 0.517. The second kappa shape index (κ2) is 8.68. The van der Waals surface area contributed by atoms with Crippen molar-refractivity contribution in [2.75, 3.05) is 0 Å². The molecule has 2 N–H and O–H groups in total. The van der Waals surface area contributed by atoms with Gasteiger partial charge in [-0.05, 0) is 72.6 Å². The molecule has 6 nitrogen and oxygen atoms in total. The summed E-state index contributed by atoms with van der Waals surface area (Å²) >= 11 is 0. The van der Waals surface area contributed by atoms with Gasteiger partial charge >= 0.3 is 0 Å². The first kappa shape index (κ1) is 26.2. The molecular formula is C28H36O6. The van der Waals surface area contributed by atoms with E-state index in [0.29, 0.717) is 0 Å². The lowest BCUT2D eigenvalue weighted by molar-refractivity contribution is 0.0480. The number of ketones is 2. The average molecular weight is 469 g/mol. The summed E-state index contributed by atoms with van der Waals surface area (Å²) in [5.41, 5.74) is 0.0852. The number of aliphatic hydroxyl groups is 2. The number of hydrogen-bond acceptors (Lipinski definition) is 6. The number of ether oxygens (including phenoxy) is 2. The lowest BCUT2D eigenvalue weighted by Crippen LogP contribution is -2.33. The third-order valence-corrected chi connectivity index (χ3v) is 6.01. The lowest BCUT2D eigenvalue weighted by atomic mass is 9.92. The van der Waals surface area contributed by atoms with Crippen LogP contribution in [0.25, 0.3) is 0 Å². The maximum atomic E-state index is 11.9. The predicted octanol–water partition coefficient (Wildman–Crippen LogP) is 4.98. The van der Waals surface area contributed by atoms with Crippen molar-refractivity contribution >= 4 is 11.6 Å². The molecule has 2 aliphatic heterocycles. The quantitative estimate of drug-likeness (QED) is 0.458. The van der Waals surface area contributed by atoms with Gasteiger partial charge in [-0.25, -0.2) is 0 Å². The van der Waals surface area contributed by atoms with Gasteiger partial charge in [0.05, 0.1) is 11.2 Å². The fourth-order valence-corrected chi connectivity index (χ4v) is 3.87. The Balaban J connectivity index is 0.000000191. The van der Waals surface area contributed by atoms with E-state index in [1.165, 1.54) is 57.0 Å². The second-order valence-corrected chi connectivity index (χ2v) is 11.2. The molecule has 6 heteroatoms. The Morgan fingerprint density at radius 2 is 1.03 bits per heavy atom. The molecule has 2 fully saturated rings. The van der Waals surface area contributed by atoms with E-state index in [4.69, 9.17) is 9.47 Å². The zero-order valence-electron chi connectivity index (χ0n) is 21.3. The van der Waals surface area contributed by atoms with Gasteiger partial charge in [-0.3, -0.25) is 9.59 Å². The lowest BCUT2D eigenvalue weighted by Gasteiger charge is -2.18. The van der Waals surface area contributed by atoms with Crippen LogP contribution in [-0.4, -0.2) is 44.2 Å². The minimum atomic E-state index is -1.49. The molecule has 0 saturated carbocycles. The third kappa shape index (κ3) is 5.99. The summed E-state index contributed by atoms with van der Waals surface area (Å²) < 4.78 is 11.3. The van der Waals surface area contributed by atoms with Crippen LogP contribution in [0, 0.1) is 0 Å². The van der Waals surface area contributed by atoms with E-state index in [1.807, 2.05) is 0 Å². The molecule has 0 aromatic heterocycles. The monoisotopic (exact) mass is 468 g/mol. The molecule has 2 unspecified atom stereocenters. The van der Waals surface area contributed by atoms with Crippen LogP contribution in [0.4, 0.5) is 0 Å². The van der Waals surface area contributed by atoms with E-state index >= 15 is 0 Å². The maximum absolute atomic E-state index is 11.9. The van der Waals surface area contributed by atoms with Gasteiger partial charge in [-0.1, -0.05) is 42.5 Å². The first-order valence-corrected chi connectivity index (χ1v) is 11.5. The Morgan fingerprint density at radius 3 is 1.32 bits per heavy atom. The summed E-state index contributed by atoms with van der Waals surface area (Å²) in [5, 5.41) is 19.3. The van der Waals surface area contributed by atoms with Crippen LogP contribution in [0.1, 0.15) is 99.4 Å². The molecule has 2 aromatic rings. The van der Waals surface area contributed by atoms with Crippen molar-refractivity contribution in [2.45, 2.75) is 90.0 Å². The van der Waals surface area contributed by atoms with E-state index in [-0.39, 0.29) is 34.5 Å². The predicted molar refractivity (Wildman–Crippen MR) is 130 cm³/mol. The van der Waals surface area contributed by atoms with Crippen LogP contribution >= 0.6 is 0 Å². The molecule has 2 aliphatic rings. The topological polar surface area (TPSA) is 99.7 Å². The molecule has 184 valence electrons. The fourth-order valence-electron chi connectivity index (χ4n) is 3.87. The highest BCUT2D eigenvalue weighted by molar-refractivity contribution is 6.06. The van der Waals surface area contributed by atoms with Gasteiger partial charge in [-0.2, -0.15) is 0 Å². The SMILES string of the molecule is CC(C)(O)C(=O)c1cccc(C(=O)C(C)(C)O)c1.CC1(C)OC1c1cccc(C2OC2(C)C)c1. The molecule has 2 heterocycles. The molecule has 0 radical (unpaired) electrons. The van der Waals surface area contributed by atoms with Crippen LogP contribution in [0.2, 0.25) is 0 Å². The van der Waals surface area contributed by atoms with Crippen molar-refractivity contribution < 1.29 is 29.3 Å². The molecule has 0 aliphatic carbocycles. The van der Waals surface area contributed by atoms with E-state index in [0.717, 1.165) is 0 Å². The summed E-state index contributed by atoms with van der Waals surface area (Å²) in [5.74, 6) is -0.930. The molecule has 4 rings (SSSR count). The first-order chi connectivity index (χ1) is 15.4. The summed E-state index contributed by atoms with van der Waals surface area (Å²) in [4.78, 5) is 23.7. The van der Waals surface area contributed by atoms with Crippen molar-refractivity contribution in [3.8, 4) is 0 Å². The number of rotatable bonds is 6. The van der Waals surface area contributed by atoms with Gasteiger partial charge in [0.2, 0.25) is 0 Å². The molecule has 2 saturated heterocycles. The first-order valence-electron chi connectivity index (χ1n) is 11.5. The number of benzene rings is 2. The maximum Gasteiger partial charge on any atom is 0.193 e. The van der Waals surface area contributed by atoms with Crippen molar-refractivity contribution in [1.82, 2.24) is 0 Å². The minimum absolute atomic E-state index is 0.0124. The minimum Gasteiger partial charge on any atom is -0.382 e. The van der Waals surface area contributed by atoms with Crippen LogP contribution in [0.5, 0.6) is 0 Å². The van der Waals surface area contributed by atoms with Crippen molar-refractivity contribution in [1.29, 1.82) is 0 Å². The van der Waals surface area contributed by atoms with Crippen LogP contribution < -0.4 is 0 Å². The number of carbonyl (C=O) groups is 2.